The summed E-state index contributed by atoms with van der Waals surface area (Å²) >= 11 is 0. The molecule has 0 fully saturated rings. The highest BCUT2D eigenvalue weighted by Gasteiger charge is 2.42. The molecule has 5 nitrogen and oxygen atoms in total. The second-order valence-electron chi connectivity index (χ2n) is 3.97. The van der Waals surface area contributed by atoms with Crippen molar-refractivity contribution >= 4 is 6.09 Å². The summed E-state index contributed by atoms with van der Waals surface area (Å²) in [6.45, 7) is 3.42. The normalized spacial score (nSPS) is 15.0. The number of carbonyl (C=O) groups is 1. The van der Waals surface area contributed by atoms with E-state index in [9.17, 15) is 18.0 Å². The Kier molecular flexibility index (Phi) is 3.50. The molecule has 19 heavy (non-hydrogen) atoms. The Hall–Kier alpha value is -1.99. The Morgan fingerprint density at radius 2 is 2.32 bits per heavy atom. The third-order valence-electron chi connectivity index (χ3n) is 2.68. The van der Waals surface area contributed by atoms with Crippen molar-refractivity contribution in [3.63, 3.8) is 0 Å². The van der Waals surface area contributed by atoms with Crippen LogP contribution >= 0.6 is 0 Å². The van der Waals surface area contributed by atoms with Gasteiger partial charge in [-0.1, -0.05) is 17.8 Å². The molecule has 0 unspecified atom stereocenters. The maximum Gasteiger partial charge on any atom is 0.452 e. The van der Waals surface area contributed by atoms with E-state index in [-0.39, 0.29) is 37.4 Å². The average molecular weight is 276 g/mol. The van der Waals surface area contributed by atoms with Crippen molar-refractivity contribution < 1.29 is 27.2 Å². The Labute approximate surface area is 106 Å². The van der Waals surface area contributed by atoms with E-state index in [0.717, 1.165) is 0 Å². The molecule has 0 aromatic carbocycles. The fraction of sp³-hybridized carbons (Fsp3) is 0.455. The van der Waals surface area contributed by atoms with Crippen LogP contribution in [0, 0.1) is 0 Å². The van der Waals surface area contributed by atoms with Gasteiger partial charge in [0, 0.05) is 18.5 Å². The highest BCUT2D eigenvalue weighted by atomic mass is 19.4. The molecule has 1 aliphatic rings. The number of aromatic nitrogens is 1. The number of carbonyl (C=O) groups excluding carboxylic acids is 1. The number of amides is 1. The van der Waals surface area contributed by atoms with Crippen molar-refractivity contribution in [3.05, 3.63) is 29.7 Å². The minimum atomic E-state index is -4.62. The molecular weight excluding hydrogens is 265 g/mol. The lowest BCUT2D eigenvalue weighted by atomic mass is 10.1. The zero-order valence-electron chi connectivity index (χ0n) is 9.87. The second-order valence-corrected chi connectivity index (χ2v) is 3.97. The number of alkyl halides is 3. The number of halogens is 3. The van der Waals surface area contributed by atoms with Crippen molar-refractivity contribution in [2.75, 3.05) is 13.2 Å². The predicted molar refractivity (Wildman–Crippen MR) is 57.2 cm³/mol. The summed E-state index contributed by atoms with van der Waals surface area (Å²) in [5.74, 6) is -1.15. The first-order chi connectivity index (χ1) is 8.93. The maximum absolute atomic E-state index is 12.7. The van der Waals surface area contributed by atoms with Crippen LogP contribution in [0.5, 0.6) is 0 Å². The molecular formula is C11H11F3N2O3. The highest BCUT2D eigenvalue weighted by Crippen LogP contribution is 2.35. The highest BCUT2D eigenvalue weighted by molar-refractivity contribution is 5.68. The van der Waals surface area contributed by atoms with Gasteiger partial charge >= 0.3 is 12.3 Å². The second kappa shape index (κ2) is 4.94. The first-order valence-corrected chi connectivity index (χ1v) is 5.50. The molecule has 0 N–H and O–H groups in total. The number of rotatable bonds is 2. The largest absolute Gasteiger partial charge is 0.452 e. The van der Waals surface area contributed by atoms with Gasteiger partial charge in [-0.25, -0.2) is 4.79 Å². The van der Waals surface area contributed by atoms with E-state index in [1.54, 1.807) is 0 Å². The molecule has 1 aliphatic heterocycles. The summed E-state index contributed by atoms with van der Waals surface area (Å²) in [5.41, 5.74) is 0.134. The number of fused-ring (bicyclic) bond motifs is 1. The van der Waals surface area contributed by atoms with Gasteiger partial charge in [-0.3, -0.25) is 0 Å². The van der Waals surface area contributed by atoms with Crippen LogP contribution < -0.4 is 0 Å². The molecule has 0 radical (unpaired) electrons. The molecule has 0 spiro atoms. The lowest BCUT2D eigenvalue weighted by molar-refractivity contribution is -0.156. The van der Waals surface area contributed by atoms with Gasteiger partial charge in [0.15, 0.2) is 0 Å². The average Bonchev–Trinajstić information content (AvgIpc) is 2.78. The third kappa shape index (κ3) is 2.72. The van der Waals surface area contributed by atoms with Crippen molar-refractivity contribution in [2.24, 2.45) is 0 Å². The fourth-order valence-electron chi connectivity index (χ4n) is 1.81. The zero-order valence-corrected chi connectivity index (χ0v) is 9.87. The minimum absolute atomic E-state index is 0.0119. The van der Waals surface area contributed by atoms with Gasteiger partial charge in [0.25, 0.3) is 0 Å². The number of hydrogen-bond donors (Lipinski definition) is 0. The van der Waals surface area contributed by atoms with Crippen LogP contribution in [0.2, 0.25) is 0 Å². The summed E-state index contributed by atoms with van der Waals surface area (Å²) in [7, 11) is 0. The molecule has 0 saturated heterocycles. The van der Waals surface area contributed by atoms with Crippen LogP contribution in [0.25, 0.3) is 0 Å². The van der Waals surface area contributed by atoms with E-state index in [1.807, 2.05) is 0 Å². The maximum atomic E-state index is 12.7. The smallest absolute Gasteiger partial charge is 0.445 e. The number of ether oxygens (including phenoxy) is 1. The summed E-state index contributed by atoms with van der Waals surface area (Å²) in [4.78, 5) is 12.8. The topological polar surface area (TPSA) is 55.6 Å². The first kappa shape index (κ1) is 13.4. The van der Waals surface area contributed by atoms with Crippen LogP contribution in [0.1, 0.15) is 17.0 Å². The number of hydrogen-bond acceptors (Lipinski definition) is 4. The summed E-state index contributed by atoms with van der Waals surface area (Å²) in [6.07, 6.45) is -3.71. The van der Waals surface area contributed by atoms with E-state index in [1.165, 1.54) is 11.0 Å². The van der Waals surface area contributed by atoms with Crippen LogP contribution in [0.4, 0.5) is 18.0 Å². The van der Waals surface area contributed by atoms with Crippen LogP contribution in [0.3, 0.4) is 0 Å². The molecule has 0 atom stereocenters. The van der Waals surface area contributed by atoms with Crippen LogP contribution in [0.15, 0.2) is 17.2 Å². The Morgan fingerprint density at radius 1 is 1.58 bits per heavy atom. The molecule has 0 saturated carbocycles. The van der Waals surface area contributed by atoms with E-state index in [2.05, 4.69) is 16.3 Å². The minimum Gasteiger partial charge on any atom is -0.445 e. The van der Waals surface area contributed by atoms with E-state index in [4.69, 9.17) is 4.74 Å². The Morgan fingerprint density at radius 3 is 2.95 bits per heavy atom. The number of nitrogens with zero attached hydrogens (tertiary/aromatic N) is 2. The monoisotopic (exact) mass is 276 g/mol. The fourth-order valence-corrected chi connectivity index (χ4v) is 1.81. The van der Waals surface area contributed by atoms with Crippen molar-refractivity contribution in [1.29, 1.82) is 0 Å². The summed E-state index contributed by atoms with van der Waals surface area (Å²) in [6, 6.07) is 0. The molecule has 104 valence electrons. The van der Waals surface area contributed by atoms with E-state index in [0.29, 0.717) is 0 Å². The van der Waals surface area contributed by atoms with Gasteiger partial charge in [0.05, 0.1) is 12.2 Å². The van der Waals surface area contributed by atoms with Gasteiger partial charge in [0.1, 0.15) is 6.61 Å². The van der Waals surface area contributed by atoms with E-state index < -0.39 is 18.0 Å². The molecule has 2 heterocycles. The van der Waals surface area contributed by atoms with Gasteiger partial charge in [-0.2, -0.15) is 13.2 Å². The van der Waals surface area contributed by atoms with Crippen molar-refractivity contribution in [3.8, 4) is 0 Å². The first-order valence-electron chi connectivity index (χ1n) is 5.50. The van der Waals surface area contributed by atoms with Gasteiger partial charge in [-0.05, 0) is 0 Å². The molecule has 0 aliphatic carbocycles. The quantitative estimate of drug-likeness (QED) is 0.778. The van der Waals surface area contributed by atoms with Crippen molar-refractivity contribution in [1.82, 2.24) is 10.1 Å². The SMILES string of the molecule is C=CCOC(=O)N1CCc2noc(C(F)(F)F)c2C1. The molecule has 0 bridgehead atoms. The molecule has 1 aromatic heterocycles. The van der Waals surface area contributed by atoms with Gasteiger partial charge in [0.2, 0.25) is 5.76 Å². The van der Waals surface area contributed by atoms with Gasteiger partial charge < -0.3 is 14.2 Å². The molecule has 1 aromatic rings. The lowest BCUT2D eigenvalue weighted by Gasteiger charge is -2.25. The molecule has 2 rings (SSSR count). The summed E-state index contributed by atoms with van der Waals surface area (Å²) in [5, 5.41) is 3.39. The molecule has 8 heteroatoms. The van der Waals surface area contributed by atoms with Crippen molar-refractivity contribution in [2.45, 2.75) is 19.1 Å². The molecule has 1 amide bonds. The zero-order chi connectivity index (χ0) is 14.0. The summed E-state index contributed by atoms with van der Waals surface area (Å²) < 4.78 is 47.1. The third-order valence-corrected chi connectivity index (χ3v) is 2.68. The van der Waals surface area contributed by atoms with Crippen LogP contribution in [-0.4, -0.2) is 29.3 Å². The Balaban J connectivity index is 2.16. The van der Waals surface area contributed by atoms with E-state index >= 15 is 0 Å². The van der Waals surface area contributed by atoms with Gasteiger partial charge in [-0.15, -0.1) is 0 Å². The Bertz CT molecular complexity index is 496. The predicted octanol–water partition coefficient (Wildman–Crippen LogP) is 2.37. The standard InChI is InChI=1S/C11H11F3N2O3/c1-2-5-18-10(17)16-4-3-8-7(6-16)9(19-15-8)11(12,13)14/h2H,1,3-6H2. The van der Waals surface area contributed by atoms with Crippen LogP contribution in [-0.2, 0) is 23.9 Å². The lowest BCUT2D eigenvalue weighted by Crippen LogP contribution is -2.36.